The molecule has 4 rings (SSSR count). The lowest BCUT2D eigenvalue weighted by Crippen LogP contribution is -2.50. The summed E-state index contributed by atoms with van der Waals surface area (Å²) in [6.45, 7) is 1.68. The van der Waals surface area contributed by atoms with Crippen LogP contribution in [-0.2, 0) is 22.1 Å². The van der Waals surface area contributed by atoms with Gasteiger partial charge in [-0.15, -0.1) is 0 Å². The summed E-state index contributed by atoms with van der Waals surface area (Å²) in [5.74, 6) is -0.113. The van der Waals surface area contributed by atoms with E-state index in [1.165, 1.54) is 36.5 Å². The molecule has 11 heteroatoms. The number of carbonyl (C=O) groups excluding carboxylic acids is 1. The summed E-state index contributed by atoms with van der Waals surface area (Å²) in [7, 11) is 0. The number of nitrogens with zero attached hydrogens (tertiary/aromatic N) is 3. The average Bonchev–Trinajstić information content (AvgIpc) is 2.81. The molecule has 1 aliphatic rings. The van der Waals surface area contributed by atoms with Gasteiger partial charge in [0, 0.05) is 48.3 Å². The summed E-state index contributed by atoms with van der Waals surface area (Å²) in [6.07, 6.45) is -3.32. The number of hydrogen-bond acceptors (Lipinski definition) is 6. The van der Waals surface area contributed by atoms with Crippen LogP contribution in [0.1, 0.15) is 5.56 Å². The predicted molar refractivity (Wildman–Crippen MR) is 115 cm³/mol. The highest BCUT2D eigenvalue weighted by atomic mass is 32.2. The van der Waals surface area contributed by atoms with Gasteiger partial charge >= 0.3 is 6.18 Å². The van der Waals surface area contributed by atoms with E-state index in [9.17, 15) is 26.7 Å². The molecule has 0 radical (unpaired) electrons. The maximum Gasteiger partial charge on any atom is 0.418 e. The van der Waals surface area contributed by atoms with Crippen molar-refractivity contribution in [2.45, 2.75) is 11.1 Å². The third-order valence-electron chi connectivity index (χ3n) is 5.41. The number of anilines is 1. The van der Waals surface area contributed by atoms with Gasteiger partial charge in [0.25, 0.3) is 5.91 Å². The van der Waals surface area contributed by atoms with Crippen molar-refractivity contribution < 1.29 is 31.5 Å². The zero-order valence-corrected chi connectivity index (χ0v) is 18.1. The maximum absolute atomic E-state index is 13.2. The van der Waals surface area contributed by atoms with Gasteiger partial charge in [-0.2, -0.15) is 13.2 Å². The molecule has 174 valence electrons. The summed E-state index contributed by atoms with van der Waals surface area (Å²) >= 11 is -2.28. The van der Waals surface area contributed by atoms with Crippen molar-refractivity contribution in [2.24, 2.45) is 0 Å². The first-order valence-corrected chi connectivity index (χ1v) is 11.1. The quantitative estimate of drug-likeness (QED) is 0.524. The van der Waals surface area contributed by atoms with Gasteiger partial charge in [0.05, 0.1) is 11.1 Å². The first-order valence-electron chi connectivity index (χ1n) is 10.0. The second-order valence-corrected chi connectivity index (χ2v) is 8.33. The smallest absolute Gasteiger partial charge is 0.418 e. The molecule has 2 heterocycles. The Morgan fingerprint density at radius 2 is 1.76 bits per heavy atom. The normalized spacial score (nSPS) is 15.5. The maximum atomic E-state index is 13.2. The monoisotopic (exact) mass is 478 g/mol. The van der Waals surface area contributed by atoms with Gasteiger partial charge in [0.1, 0.15) is 5.75 Å². The molecule has 0 aliphatic carbocycles. The fourth-order valence-electron chi connectivity index (χ4n) is 3.72. The van der Waals surface area contributed by atoms with Crippen LogP contribution in [-0.4, -0.2) is 57.3 Å². The summed E-state index contributed by atoms with van der Waals surface area (Å²) in [5.41, 5.74) is -0.228. The van der Waals surface area contributed by atoms with Crippen LogP contribution in [0, 0.1) is 0 Å². The van der Waals surface area contributed by atoms with Crippen LogP contribution in [0.5, 0.6) is 5.75 Å². The van der Waals surface area contributed by atoms with E-state index in [1.807, 2.05) is 4.90 Å². The van der Waals surface area contributed by atoms with Gasteiger partial charge in [-0.25, -0.2) is 0 Å². The number of halogens is 3. The lowest BCUT2D eigenvalue weighted by atomic mass is 10.1. The number of amides is 1. The van der Waals surface area contributed by atoms with Crippen molar-refractivity contribution in [3.05, 3.63) is 60.3 Å². The number of hydrogen-bond donors (Lipinski definition) is 0. The van der Waals surface area contributed by atoms with Gasteiger partial charge in [-0.3, -0.25) is 14.0 Å². The number of ether oxygens (including phenoxy) is 1. The largest absolute Gasteiger partial charge is 0.768 e. The first-order chi connectivity index (χ1) is 15.7. The molecule has 1 saturated heterocycles. The van der Waals surface area contributed by atoms with Gasteiger partial charge in [0.2, 0.25) is 0 Å². The van der Waals surface area contributed by atoms with Crippen molar-refractivity contribution in [2.75, 3.05) is 37.7 Å². The van der Waals surface area contributed by atoms with Gasteiger partial charge in [-0.05, 0) is 53.5 Å². The number of piperazine rings is 1. The second-order valence-electron chi connectivity index (χ2n) is 7.39. The van der Waals surface area contributed by atoms with Crippen LogP contribution in [0.15, 0.2) is 59.6 Å². The topological polar surface area (TPSA) is 85.8 Å². The van der Waals surface area contributed by atoms with Crippen molar-refractivity contribution in [1.82, 2.24) is 9.88 Å². The Morgan fingerprint density at radius 1 is 1.06 bits per heavy atom. The molecule has 1 atom stereocenters. The minimum Gasteiger partial charge on any atom is -0.768 e. The Kier molecular flexibility index (Phi) is 6.52. The first kappa shape index (κ1) is 23.0. The zero-order chi connectivity index (χ0) is 23.6. The fourth-order valence-corrected chi connectivity index (χ4v) is 4.08. The molecular formula is C22H19F3N3O4S-. The number of para-hydroxylation sites is 1. The van der Waals surface area contributed by atoms with Crippen LogP contribution in [0.4, 0.5) is 18.9 Å². The van der Waals surface area contributed by atoms with E-state index in [4.69, 9.17) is 4.74 Å². The van der Waals surface area contributed by atoms with Gasteiger partial charge < -0.3 is 19.1 Å². The van der Waals surface area contributed by atoms with Gasteiger partial charge in [-0.1, -0.05) is 6.07 Å². The summed E-state index contributed by atoms with van der Waals surface area (Å²) < 4.78 is 67.3. The minimum absolute atomic E-state index is 0.161. The highest BCUT2D eigenvalue weighted by Crippen LogP contribution is 2.36. The molecular weight excluding hydrogens is 459 g/mol. The molecule has 1 amide bonds. The number of aromatic nitrogens is 1. The summed E-state index contributed by atoms with van der Waals surface area (Å²) in [4.78, 5) is 20.3. The van der Waals surface area contributed by atoms with Crippen LogP contribution < -0.4 is 9.64 Å². The van der Waals surface area contributed by atoms with Crippen molar-refractivity contribution in [1.29, 1.82) is 0 Å². The van der Waals surface area contributed by atoms with Gasteiger partial charge in [0.15, 0.2) is 6.61 Å². The predicted octanol–water partition coefficient (Wildman–Crippen LogP) is 3.22. The second kappa shape index (κ2) is 9.36. The summed E-state index contributed by atoms with van der Waals surface area (Å²) in [5, 5.41) is 0.187. The number of pyridine rings is 1. The van der Waals surface area contributed by atoms with Crippen molar-refractivity contribution in [3.63, 3.8) is 0 Å². The number of fused-ring (bicyclic) bond motifs is 1. The highest BCUT2D eigenvalue weighted by molar-refractivity contribution is 7.79. The van der Waals surface area contributed by atoms with E-state index >= 15 is 0 Å². The van der Waals surface area contributed by atoms with Crippen LogP contribution >= 0.6 is 0 Å². The number of alkyl halides is 3. The fraction of sp³-hybridized carbons (Fsp3) is 0.273. The zero-order valence-electron chi connectivity index (χ0n) is 17.2. The average molecular weight is 478 g/mol. The number of benzene rings is 2. The number of carbonyl (C=O) groups is 1. The molecule has 7 nitrogen and oxygen atoms in total. The highest BCUT2D eigenvalue weighted by Gasteiger charge is 2.33. The molecule has 0 saturated carbocycles. The lowest BCUT2D eigenvalue weighted by molar-refractivity contribution is -0.136. The van der Waals surface area contributed by atoms with Crippen LogP contribution in [0.3, 0.4) is 0 Å². The molecule has 2 aromatic carbocycles. The molecule has 1 aliphatic heterocycles. The Hall–Kier alpha value is -3.18. The Bertz CT molecular complexity index is 1180. The van der Waals surface area contributed by atoms with Crippen molar-refractivity contribution in [3.8, 4) is 5.75 Å². The summed E-state index contributed by atoms with van der Waals surface area (Å²) in [6, 6.07) is 11.6. The Labute approximate surface area is 190 Å². The molecule has 33 heavy (non-hydrogen) atoms. The SMILES string of the molecule is O=C(COc1ccnc2c(C(F)(F)F)cccc12)N1CCN(c2ccc(S(=O)[O-])cc2)CC1. The third-order valence-corrected chi connectivity index (χ3v) is 6.07. The van der Waals surface area contributed by atoms with E-state index < -0.39 is 22.8 Å². The number of rotatable bonds is 5. The molecule has 3 aromatic rings. The molecule has 0 spiro atoms. The van der Waals surface area contributed by atoms with Crippen LogP contribution in [0.25, 0.3) is 10.9 Å². The van der Waals surface area contributed by atoms with Crippen molar-refractivity contribution >= 4 is 33.6 Å². The molecule has 1 fully saturated rings. The Balaban J connectivity index is 1.37. The molecule has 0 bridgehead atoms. The lowest BCUT2D eigenvalue weighted by Gasteiger charge is -2.36. The molecule has 1 unspecified atom stereocenters. The van der Waals surface area contributed by atoms with E-state index in [0.29, 0.717) is 26.2 Å². The van der Waals surface area contributed by atoms with E-state index in [0.717, 1.165) is 11.8 Å². The third kappa shape index (κ3) is 5.09. The van der Waals surface area contributed by atoms with E-state index in [2.05, 4.69) is 4.98 Å². The molecule has 1 aromatic heterocycles. The van der Waals surface area contributed by atoms with E-state index in [-0.39, 0.29) is 34.1 Å². The molecule has 0 N–H and O–H groups in total. The minimum atomic E-state index is -4.55. The van der Waals surface area contributed by atoms with E-state index in [1.54, 1.807) is 17.0 Å². The standard InChI is InChI=1S/C22H20F3N3O4S/c23-22(24,25)18-3-1-2-17-19(8-9-26-21(17)18)32-14-20(29)28-12-10-27(11-13-28)15-4-6-16(7-5-15)33(30)31/h1-9H,10-14H2,(H,30,31)/p-1. The Morgan fingerprint density at radius 3 is 2.39 bits per heavy atom. The van der Waals surface area contributed by atoms with Crippen LogP contribution in [0.2, 0.25) is 0 Å².